The van der Waals surface area contributed by atoms with Gasteiger partial charge in [-0.1, -0.05) is 35.4 Å². The molecule has 0 saturated carbocycles. The van der Waals surface area contributed by atoms with Crippen molar-refractivity contribution in [2.75, 3.05) is 0 Å². The number of alkyl halides is 3. The molecule has 22 heavy (non-hydrogen) atoms. The van der Waals surface area contributed by atoms with E-state index in [9.17, 15) is 13.2 Å². The molecule has 0 radical (unpaired) electrons. The van der Waals surface area contributed by atoms with Gasteiger partial charge in [-0.25, -0.2) is 0 Å². The maximum atomic E-state index is 12.9. The highest BCUT2D eigenvalue weighted by Crippen LogP contribution is 2.40. The first-order valence-electron chi connectivity index (χ1n) is 6.48. The number of aryl methyl sites for hydroxylation is 1. The summed E-state index contributed by atoms with van der Waals surface area (Å²) in [5.74, 6) is 0. The summed E-state index contributed by atoms with van der Waals surface area (Å²) in [5, 5.41) is 1.33. The third-order valence-electron chi connectivity index (χ3n) is 3.25. The van der Waals surface area contributed by atoms with Gasteiger partial charge in [-0.15, -0.1) is 0 Å². The van der Waals surface area contributed by atoms with Crippen molar-refractivity contribution < 1.29 is 13.2 Å². The second kappa shape index (κ2) is 5.56. The number of halogens is 4. The van der Waals surface area contributed by atoms with Crippen molar-refractivity contribution in [2.45, 2.75) is 12.4 Å². The van der Waals surface area contributed by atoms with Gasteiger partial charge in [-0.2, -0.15) is 13.2 Å². The Morgan fingerprint density at radius 2 is 1.68 bits per heavy atom. The van der Waals surface area contributed by atoms with Gasteiger partial charge in [0.2, 0.25) is 0 Å². The van der Waals surface area contributed by atoms with Crippen molar-refractivity contribution in [3.8, 4) is 11.3 Å². The Balaban J connectivity index is 2.23. The first-order chi connectivity index (χ1) is 10.3. The van der Waals surface area contributed by atoms with Crippen molar-refractivity contribution in [1.82, 2.24) is 3.97 Å². The van der Waals surface area contributed by atoms with E-state index >= 15 is 0 Å². The minimum absolute atomic E-state index is 0.148. The number of hydrogen-bond acceptors (Lipinski definition) is 1. The monoisotopic (exact) mass is 341 g/mol. The summed E-state index contributed by atoms with van der Waals surface area (Å²) in [6.07, 6.45) is 0. The van der Waals surface area contributed by atoms with Crippen LogP contribution in [0.1, 0.15) is 5.56 Å². The lowest BCUT2D eigenvalue weighted by molar-refractivity contribution is -0.0333. The molecule has 3 aromatic rings. The molecule has 0 atom stereocenters. The lowest BCUT2D eigenvalue weighted by atomic mass is 10.1. The Bertz CT molecular complexity index is 822. The fourth-order valence-corrected chi connectivity index (χ4v) is 3.19. The topological polar surface area (TPSA) is 4.93 Å². The smallest absolute Gasteiger partial charge is 0.276 e. The van der Waals surface area contributed by atoms with Gasteiger partial charge >= 0.3 is 5.51 Å². The maximum absolute atomic E-state index is 12.9. The second-order valence-electron chi connectivity index (χ2n) is 4.93. The Labute approximate surface area is 134 Å². The van der Waals surface area contributed by atoms with E-state index in [-0.39, 0.29) is 11.9 Å². The molecule has 3 rings (SSSR count). The molecule has 6 heteroatoms. The van der Waals surface area contributed by atoms with Crippen LogP contribution in [0, 0.1) is 6.92 Å². The van der Waals surface area contributed by atoms with Gasteiger partial charge in [0.1, 0.15) is 0 Å². The summed E-state index contributed by atoms with van der Waals surface area (Å²) in [6, 6.07) is 13.9. The van der Waals surface area contributed by atoms with Crippen LogP contribution in [-0.2, 0) is 0 Å². The molecule has 0 bridgehead atoms. The van der Waals surface area contributed by atoms with Gasteiger partial charge in [0.05, 0.1) is 23.2 Å². The molecule has 114 valence electrons. The van der Waals surface area contributed by atoms with E-state index in [1.807, 2.05) is 13.0 Å². The van der Waals surface area contributed by atoms with Crippen LogP contribution in [0.4, 0.5) is 13.2 Å². The first kappa shape index (κ1) is 15.3. The average Bonchev–Trinajstić information content (AvgIpc) is 2.75. The van der Waals surface area contributed by atoms with Crippen molar-refractivity contribution in [3.63, 3.8) is 0 Å². The van der Waals surface area contributed by atoms with E-state index in [2.05, 4.69) is 0 Å². The van der Waals surface area contributed by atoms with Crippen LogP contribution < -0.4 is 0 Å². The molecule has 1 aromatic heterocycles. The van der Waals surface area contributed by atoms with Crippen molar-refractivity contribution in [2.24, 2.45) is 0 Å². The average molecular weight is 342 g/mol. The summed E-state index contributed by atoms with van der Waals surface area (Å²) in [6.45, 7) is 1.91. The highest BCUT2D eigenvalue weighted by Gasteiger charge is 2.32. The summed E-state index contributed by atoms with van der Waals surface area (Å²) in [7, 11) is 0. The Kier molecular flexibility index (Phi) is 3.87. The minimum Gasteiger partial charge on any atom is -0.276 e. The molecule has 0 aliphatic carbocycles. The molecular weight excluding hydrogens is 331 g/mol. The fraction of sp³-hybridized carbons (Fsp3) is 0.125. The lowest BCUT2D eigenvalue weighted by Crippen LogP contribution is -2.05. The molecule has 0 amide bonds. The third kappa shape index (κ3) is 3.10. The van der Waals surface area contributed by atoms with E-state index in [1.54, 1.807) is 42.5 Å². The molecule has 1 nitrogen and oxygen atoms in total. The van der Waals surface area contributed by atoms with Crippen LogP contribution in [0.2, 0.25) is 5.02 Å². The number of aromatic nitrogens is 1. The predicted molar refractivity (Wildman–Crippen MR) is 86.2 cm³/mol. The van der Waals surface area contributed by atoms with E-state index in [1.165, 1.54) is 3.97 Å². The number of hydrogen-bond donors (Lipinski definition) is 0. The lowest BCUT2D eigenvalue weighted by Gasteiger charge is -2.12. The molecule has 1 heterocycles. The standard InChI is InChI=1S/C16H11ClF3NS/c1-10-2-7-14-12(8-10)9-15(21(14)22-16(18,19)20)11-3-5-13(17)6-4-11/h2-9H,1H3. The van der Waals surface area contributed by atoms with E-state index < -0.39 is 5.51 Å². The molecule has 2 aromatic carbocycles. The van der Waals surface area contributed by atoms with Crippen molar-refractivity contribution in [3.05, 3.63) is 59.1 Å². The zero-order valence-corrected chi connectivity index (χ0v) is 13.1. The normalized spacial score (nSPS) is 12.0. The molecule has 0 aliphatic heterocycles. The van der Waals surface area contributed by atoms with E-state index in [0.29, 0.717) is 21.8 Å². The highest BCUT2D eigenvalue weighted by molar-refractivity contribution is 7.98. The summed E-state index contributed by atoms with van der Waals surface area (Å²) < 4.78 is 39.9. The van der Waals surface area contributed by atoms with Gasteiger partial charge in [0.15, 0.2) is 0 Å². The summed E-state index contributed by atoms with van der Waals surface area (Å²) in [4.78, 5) is 0. The molecular formula is C16H11ClF3NS. The SMILES string of the molecule is Cc1ccc2c(c1)cc(-c1ccc(Cl)cc1)n2SC(F)(F)F. The molecule has 0 saturated heterocycles. The number of fused-ring (bicyclic) bond motifs is 1. The molecule has 0 aliphatic rings. The largest absolute Gasteiger partial charge is 0.462 e. The zero-order chi connectivity index (χ0) is 15.9. The zero-order valence-electron chi connectivity index (χ0n) is 11.5. The van der Waals surface area contributed by atoms with Crippen LogP contribution in [0.5, 0.6) is 0 Å². The van der Waals surface area contributed by atoms with Gasteiger partial charge in [-0.05, 0) is 42.8 Å². The molecule has 0 unspecified atom stereocenters. The summed E-state index contributed by atoms with van der Waals surface area (Å²) >= 11 is 5.70. The highest BCUT2D eigenvalue weighted by atomic mass is 35.5. The summed E-state index contributed by atoms with van der Waals surface area (Å²) in [5.41, 5.74) is -1.63. The van der Waals surface area contributed by atoms with Crippen LogP contribution >= 0.6 is 23.5 Å². The van der Waals surface area contributed by atoms with E-state index in [4.69, 9.17) is 11.6 Å². The Morgan fingerprint density at radius 1 is 1.00 bits per heavy atom. The quantitative estimate of drug-likeness (QED) is 0.530. The number of rotatable bonds is 2. The molecule has 0 spiro atoms. The van der Waals surface area contributed by atoms with Crippen molar-refractivity contribution in [1.29, 1.82) is 0 Å². The van der Waals surface area contributed by atoms with Gasteiger partial charge in [0, 0.05) is 10.4 Å². The molecule has 0 N–H and O–H groups in total. The van der Waals surface area contributed by atoms with Crippen LogP contribution in [0.3, 0.4) is 0 Å². The maximum Gasteiger partial charge on any atom is 0.462 e. The fourth-order valence-electron chi connectivity index (χ4n) is 2.33. The van der Waals surface area contributed by atoms with Crippen LogP contribution in [0.25, 0.3) is 22.2 Å². The molecule has 0 fully saturated rings. The second-order valence-corrected chi connectivity index (χ2v) is 6.38. The van der Waals surface area contributed by atoms with Gasteiger partial charge in [0.25, 0.3) is 0 Å². The van der Waals surface area contributed by atoms with E-state index in [0.717, 1.165) is 10.9 Å². The van der Waals surface area contributed by atoms with Gasteiger partial charge in [-0.3, -0.25) is 3.97 Å². The van der Waals surface area contributed by atoms with Gasteiger partial charge < -0.3 is 0 Å². The third-order valence-corrected chi connectivity index (χ3v) is 4.28. The predicted octanol–water partition coefficient (Wildman–Crippen LogP) is 6.29. The Hall–Kier alpha value is -1.59. The number of benzene rings is 2. The van der Waals surface area contributed by atoms with Crippen LogP contribution in [0.15, 0.2) is 48.5 Å². The Morgan fingerprint density at radius 3 is 2.32 bits per heavy atom. The first-order valence-corrected chi connectivity index (χ1v) is 7.63. The number of nitrogens with zero attached hydrogens (tertiary/aromatic N) is 1. The van der Waals surface area contributed by atoms with Crippen molar-refractivity contribution >= 4 is 34.5 Å². The van der Waals surface area contributed by atoms with Crippen LogP contribution in [-0.4, -0.2) is 9.48 Å². The minimum atomic E-state index is -4.36.